The summed E-state index contributed by atoms with van der Waals surface area (Å²) in [5.74, 6) is 0.806. The number of carbonyl (C=O) groups is 2. The van der Waals surface area contributed by atoms with E-state index in [1.807, 2.05) is 6.92 Å². The molecule has 0 radical (unpaired) electrons. The predicted octanol–water partition coefficient (Wildman–Crippen LogP) is 2.08. The zero-order valence-corrected chi connectivity index (χ0v) is 15.5. The van der Waals surface area contributed by atoms with E-state index in [1.165, 1.54) is 0 Å². The molecule has 1 fully saturated rings. The second-order valence-electron chi connectivity index (χ2n) is 6.24. The van der Waals surface area contributed by atoms with E-state index in [2.05, 4.69) is 0 Å². The molecule has 0 bridgehead atoms. The third kappa shape index (κ3) is 5.29. The maximum absolute atomic E-state index is 12.4. The van der Waals surface area contributed by atoms with Crippen molar-refractivity contribution in [3.8, 4) is 5.75 Å². The van der Waals surface area contributed by atoms with Crippen LogP contribution in [0.3, 0.4) is 0 Å². The number of amides is 1. The highest BCUT2D eigenvalue weighted by Crippen LogP contribution is 2.19. The monoisotopic (exact) mass is 367 g/mol. The first-order valence-corrected chi connectivity index (χ1v) is 10.4. The molecule has 1 atom stereocenters. The van der Waals surface area contributed by atoms with Gasteiger partial charge in [-0.05, 0) is 44.0 Å². The molecule has 1 unspecified atom stereocenters. The van der Waals surface area contributed by atoms with Gasteiger partial charge in [0.2, 0.25) is 5.91 Å². The fourth-order valence-electron chi connectivity index (χ4n) is 3.12. The summed E-state index contributed by atoms with van der Waals surface area (Å²) in [6.45, 7) is 2.34. The van der Waals surface area contributed by atoms with E-state index < -0.39 is 9.84 Å². The molecule has 1 heterocycles. The summed E-state index contributed by atoms with van der Waals surface area (Å²) < 4.78 is 28.3. The lowest BCUT2D eigenvalue weighted by Crippen LogP contribution is -2.40. The fraction of sp³-hybridized carbons (Fsp3) is 0.556. The third-order valence-corrected chi connectivity index (χ3v) is 6.27. The molecular formula is C18H25NO5S. The van der Waals surface area contributed by atoms with Gasteiger partial charge in [0.15, 0.2) is 15.6 Å². The largest absolute Gasteiger partial charge is 0.497 e. The number of ether oxygens (including phenoxy) is 1. The summed E-state index contributed by atoms with van der Waals surface area (Å²) in [6.07, 6.45) is 1.51. The number of benzene rings is 1. The Hall–Kier alpha value is -1.89. The molecule has 1 saturated heterocycles. The summed E-state index contributed by atoms with van der Waals surface area (Å²) in [4.78, 5) is 26.2. The van der Waals surface area contributed by atoms with Gasteiger partial charge in [-0.15, -0.1) is 0 Å². The van der Waals surface area contributed by atoms with Crippen LogP contribution in [0.1, 0.15) is 43.0 Å². The second-order valence-corrected chi connectivity index (χ2v) is 8.47. The van der Waals surface area contributed by atoms with Gasteiger partial charge in [-0.2, -0.15) is 0 Å². The normalized spacial score (nSPS) is 18.7. The molecule has 1 aromatic carbocycles. The van der Waals surface area contributed by atoms with Crippen LogP contribution in [0.15, 0.2) is 24.3 Å². The van der Waals surface area contributed by atoms with Crippen LogP contribution < -0.4 is 4.74 Å². The molecule has 2 rings (SSSR count). The Morgan fingerprint density at radius 3 is 2.40 bits per heavy atom. The van der Waals surface area contributed by atoms with Crippen molar-refractivity contribution in [1.82, 2.24) is 4.90 Å². The van der Waals surface area contributed by atoms with Crippen molar-refractivity contribution < 1.29 is 22.7 Å². The van der Waals surface area contributed by atoms with E-state index in [-0.39, 0.29) is 35.7 Å². The molecule has 1 aliphatic rings. The lowest BCUT2D eigenvalue weighted by molar-refractivity contribution is -0.132. The second kappa shape index (κ2) is 8.47. The minimum atomic E-state index is -3.02. The number of nitrogens with zero attached hydrogens (tertiary/aromatic N) is 1. The highest BCUT2D eigenvalue weighted by molar-refractivity contribution is 7.91. The summed E-state index contributed by atoms with van der Waals surface area (Å²) in [7, 11) is -1.45. The zero-order chi connectivity index (χ0) is 18.4. The number of sulfone groups is 1. The number of carbonyl (C=O) groups excluding carboxylic acids is 2. The van der Waals surface area contributed by atoms with Crippen LogP contribution in [0, 0.1) is 0 Å². The maximum Gasteiger partial charge on any atom is 0.222 e. The van der Waals surface area contributed by atoms with E-state index in [0.717, 1.165) is 0 Å². The van der Waals surface area contributed by atoms with E-state index >= 15 is 0 Å². The van der Waals surface area contributed by atoms with Gasteiger partial charge in [0.25, 0.3) is 0 Å². The van der Waals surface area contributed by atoms with Crippen LogP contribution in [0.5, 0.6) is 5.75 Å². The molecule has 138 valence electrons. The van der Waals surface area contributed by atoms with Crippen molar-refractivity contribution in [3.63, 3.8) is 0 Å². The van der Waals surface area contributed by atoms with Crippen molar-refractivity contribution in [2.45, 2.75) is 38.6 Å². The molecule has 6 nitrogen and oxygen atoms in total. The first-order valence-electron chi connectivity index (χ1n) is 8.53. The third-order valence-electron chi connectivity index (χ3n) is 4.52. The molecule has 25 heavy (non-hydrogen) atoms. The number of Topliss-reactive ketones (excluding diaryl/α,β-unsaturated/α-hetero) is 1. The molecule has 0 aliphatic carbocycles. The fourth-order valence-corrected chi connectivity index (χ4v) is 4.86. The van der Waals surface area contributed by atoms with Gasteiger partial charge >= 0.3 is 0 Å². The van der Waals surface area contributed by atoms with E-state index in [4.69, 9.17) is 4.74 Å². The Bertz CT molecular complexity index is 711. The lowest BCUT2D eigenvalue weighted by Gasteiger charge is -2.26. The van der Waals surface area contributed by atoms with Crippen LogP contribution in [-0.4, -0.2) is 56.2 Å². The molecule has 1 aliphatic heterocycles. The SMILES string of the molecule is CCN(C(=O)CCCC(=O)c1ccc(OC)cc1)C1CCS(=O)(=O)C1. The van der Waals surface area contributed by atoms with Crippen LogP contribution in [0.2, 0.25) is 0 Å². The average molecular weight is 367 g/mol. The zero-order valence-electron chi connectivity index (χ0n) is 14.7. The van der Waals surface area contributed by atoms with Gasteiger partial charge in [-0.3, -0.25) is 9.59 Å². The maximum atomic E-state index is 12.4. The highest BCUT2D eigenvalue weighted by atomic mass is 32.2. The molecular weight excluding hydrogens is 342 g/mol. The molecule has 1 amide bonds. The Morgan fingerprint density at radius 1 is 1.20 bits per heavy atom. The van der Waals surface area contributed by atoms with Gasteiger partial charge in [-0.1, -0.05) is 0 Å². The summed E-state index contributed by atoms with van der Waals surface area (Å²) in [5.41, 5.74) is 0.600. The molecule has 0 saturated carbocycles. The Kier molecular flexibility index (Phi) is 6.58. The van der Waals surface area contributed by atoms with Crippen LogP contribution in [0.25, 0.3) is 0 Å². The number of rotatable bonds is 8. The molecule has 0 aromatic heterocycles. The Labute approximate surface area is 149 Å². The lowest BCUT2D eigenvalue weighted by atomic mass is 10.0. The van der Waals surface area contributed by atoms with Crippen molar-refractivity contribution in [2.75, 3.05) is 25.2 Å². The van der Waals surface area contributed by atoms with Crippen LogP contribution in [0.4, 0.5) is 0 Å². The van der Waals surface area contributed by atoms with E-state index in [9.17, 15) is 18.0 Å². The van der Waals surface area contributed by atoms with Gasteiger partial charge in [0.1, 0.15) is 5.75 Å². The summed E-state index contributed by atoms with van der Waals surface area (Å²) >= 11 is 0. The number of hydrogen-bond donors (Lipinski definition) is 0. The van der Waals surface area contributed by atoms with Crippen molar-refractivity contribution in [2.24, 2.45) is 0 Å². The van der Waals surface area contributed by atoms with Gasteiger partial charge in [-0.25, -0.2) is 8.42 Å². The van der Waals surface area contributed by atoms with Crippen molar-refractivity contribution in [1.29, 1.82) is 0 Å². The minimum Gasteiger partial charge on any atom is -0.497 e. The van der Waals surface area contributed by atoms with Crippen LogP contribution in [-0.2, 0) is 14.6 Å². The Morgan fingerprint density at radius 2 is 1.88 bits per heavy atom. The van der Waals surface area contributed by atoms with Gasteiger partial charge in [0.05, 0.1) is 18.6 Å². The molecule has 7 heteroatoms. The predicted molar refractivity (Wildman–Crippen MR) is 95.6 cm³/mol. The number of ketones is 1. The highest BCUT2D eigenvalue weighted by Gasteiger charge is 2.33. The standard InChI is InChI=1S/C18H25NO5S/c1-3-19(15-11-12-25(22,23)13-15)18(21)6-4-5-17(20)14-7-9-16(24-2)10-8-14/h7-10,15H,3-6,11-13H2,1-2H3. The number of hydrogen-bond acceptors (Lipinski definition) is 5. The topological polar surface area (TPSA) is 80.8 Å². The number of methoxy groups -OCH3 is 1. The Balaban J connectivity index is 1.83. The van der Waals surface area contributed by atoms with Crippen molar-refractivity contribution >= 4 is 21.5 Å². The van der Waals surface area contributed by atoms with E-state index in [1.54, 1.807) is 36.3 Å². The first kappa shape index (κ1) is 19.4. The van der Waals surface area contributed by atoms with Crippen molar-refractivity contribution in [3.05, 3.63) is 29.8 Å². The van der Waals surface area contributed by atoms with Gasteiger partial charge < -0.3 is 9.64 Å². The van der Waals surface area contributed by atoms with E-state index in [0.29, 0.717) is 37.1 Å². The summed E-state index contributed by atoms with van der Waals surface area (Å²) in [5, 5.41) is 0. The quantitative estimate of drug-likeness (QED) is 0.657. The first-order chi connectivity index (χ1) is 11.9. The molecule has 0 spiro atoms. The average Bonchev–Trinajstić information content (AvgIpc) is 2.95. The van der Waals surface area contributed by atoms with Crippen LogP contribution >= 0.6 is 0 Å². The summed E-state index contributed by atoms with van der Waals surface area (Å²) in [6, 6.07) is 6.67. The molecule has 0 N–H and O–H groups in total. The minimum absolute atomic E-state index is 0.0121. The smallest absolute Gasteiger partial charge is 0.222 e. The van der Waals surface area contributed by atoms with Gasteiger partial charge in [0, 0.05) is 31.0 Å². The molecule has 1 aromatic rings.